The highest BCUT2D eigenvalue weighted by Crippen LogP contribution is 2.36. The monoisotopic (exact) mass is 448 g/mol. The maximum Gasteiger partial charge on any atom is 0.282 e. The van der Waals surface area contributed by atoms with E-state index in [1.165, 1.54) is 16.2 Å². The molecule has 0 bridgehead atoms. The van der Waals surface area contributed by atoms with E-state index in [-0.39, 0.29) is 17.7 Å². The fourth-order valence-corrected chi connectivity index (χ4v) is 4.19. The van der Waals surface area contributed by atoms with Crippen LogP contribution in [0.25, 0.3) is 5.57 Å². The lowest BCUT2D eigenvalue weighted by molar-refractivity contribution is -0.120. The standard InChI is InChI=1S/C25H24N2O4S/c1-4-30-19-13-9-18(10-14-19)27-24(28)22(21-6-5-15-32-21)23(25(27)29)26-17-7-11-20(12-8-17)31-16(2)3/h5-16,26H,4H2,1-3H3. The number of anilines is 2. The second kappa shape index (κ2) is 9.28. The van der Waals surface area contributed by atoms with Crippen LogP contribution in [-0.4, -0.2) is 24.5 Å². The summed E-state index contributed by atoms with van der Waals surface area (Å²) in [7, 11) is 0. The molecule has 0 fully saturated rings. The molecule has 2 amide bonds. The van der Waals surface area contributed by atoms with E-state index in [1.54, 1.807) is 24.3 Å². The van der Waals surface area contributed by atoms with Crippen molar-refractivity contribution in [3.05, 3.63) is 76.6 Å². The number of nitrogens with one attached hydrogen (secondary N) is 1. The van der Waals surface area contributed by atoms with Crippen molar-refractivity contribution in [1.29, 1.82) is 0 Å². The predicted molar refractivity (Wildman–Crippen MR) is 127 cm³/mol. The van der Waals surface area contributed by atoms with Crippen LogP contribution in [0.5, 0.6) is 11.5 Å². The van der Waals surface area contributed by atoms with Crippen LogP contribution < -0.4 is 19.7 Å². The minimum Gasteiger partial charge on any atom is -0.494 e. The van der Waals surface area contributed by atoms with Crippen molar-refractivity contribution in [2.75, 3.05) is 16.8 Å². The van der Waals surface area contributed by atoms with Crippen molar-refractivity contribution in [2.24, 2.45) is 0 Å². The number of thiophene rings is 1. The van der Waals surface area contributed by atoms with Crippen LogP contribution in [0.3, 0.4) is 0 Å². The molecule has 0 saturated heterocycles. The van der Waals surface area contributed by atoms with Gasteiger partial charge in [0, 0.05) is 10.6 Å². The number of rotatable bonds is 8. The van der Waals surface area contributed by atoms with Crippen molar-refractivity contribution >= 4 is 40.1 Å². The normalized spacial score (nSPS) is 13.8. The Labute approximate surface area is 191 Å². The van der Waals surface area contributed by atoms with Gasteiger partial charge in [0.2, 0.25) is 0 Å². The molecule has 2 heterocycles. The molecule has 32 heavy (non-hydrogen) atoms. The zero-order valence-corrected chi connectivity index (χ0v) is 18.9. The van der Waals surface area contributed by atoms with E-state index in [1.807, 2.05) is 62.5 Å². The lowest BCUT2D eigenvalue weighted by Gasteiger charge is -2.16. The van der Waals surface area contributed by atoms with Gasteiger partial charge in [0.25, 0.3) is 11.8 Å². The Kier molecular flexibility index (Phi) is 6.28. The number of carbonyl (C=O) groups excluding carboxylic acids is 2. The largest absolute Gasteiger partial charge is 0.494 e. The number of hydrogen-bond donors (Lipinski definition) is 1. The van der Waals surface area contributed by atoms with Crippen LogP contribution in [-0.2, 0) is 9.59 Å². The van der Waals surface area contributed by atoms with Gasteiger partial charge in [-0.05, 0) is 80.7 Å². The summed E-state index contributed by atoms with van der Waals surface area (Å²) in [6.45, 7) is 6.36. The molecule has 0 atom stereocenters. The van der Waals surface area contributed by atoms with Gasteiger partial charge in [-0.2, -0.15) is 0 Å². The number of amides is 2. The molecule has 1 N–H and O–H groups in total. The van der Waals surface area contributed by atoms with Gasteiger partial charge in [-0.3, -0.25) is 9.59 Å². The summed E-state index contributed by atoms with van der Waals surface area (Å²) in [5.74, 6) is 0.667. The van der Waals surface area contributed by atoms with Crippen LogP contribution in [0.15, 0.2) is 71.7 Å². The first-order chi connectivity index (χ1) is 15.5. The first-order valence-corrected chi connectivity index (χ1v) is 11.3. The number of hydrogen-bond acceptors (Lipinski definition) is 6. The quantitative estimate of drug-likeness (QED) is 0.472. The van der Waals surface area contributed by atoms with E-state index >= 15 is 0 Å². The fourth-order valence-electron chi connectivity index (χ4n) is 3.42. The molecule has 1 aliphatic rings. The van der Waals surface area contributed by atoms with Gasteiger partial charge in [-0.1, -0.05) is 6.07 Å². The second-order valence-electron chi connectivity index (χ2n) is 7.42. The Balaban J connectivity index is 1.66. The van der Waals surface area contributed by atoms with Gasteiger partial charge in [0.15, 0.2) is 0 Å². The van der Waals surface area contributed by atoms with Gasteiger partial charge in [0.05, 0.1) is 24.0 Å². The Morgan fingerprint density at radius 1 is 0.938 bits per heavy atom. The van der Waals surface area contributed by atoms with E-state index in [9.17, 15) is 9.59 Å². The summed E-state index contributed by atoms with van der Waals surface area (Å²) in [5.41, 5.74) is 1.81. The molecule has 3 aromatic rings. The first kappa shape index (κ1) is 21.6. The number of carbonyl (C=O) groups is 2. The SMILES string of the molecule is CCOc1ccc(N2C(=O)C(Nc3ccc(OC(C)C)cc3)=C(c3cccs3)C2=O)cc1. The molecular formula is C25H24N2O4S. The minimum absolute atomic E-state index is 0.0682. The van der Waals surface area contributed by atoms with Crippen LogP contribution in [0.1, 0.15) is 25.6 Å². The van der Waals surface area contributed by atoms with Crippen molar-refractivity contribution in [2.45, 2.75) is 26.9 Å². The average molecular weight is 449 g/mol. The van der Waals surface area contributed by atoms with Crippen LogP contribution >= 0.6 is 11.3 Å². The second-order valence-corrected chi connectivity index (χ2v) is 8.36. The fraction of sp³-hybridized carbons (Fsp3) is 0.200. The summed E-state index contributed by atoms with van der Waals surface area (Å²) in [6.07, 6.45) is 0.0682. The summed E-state index contributed by atoms with van der Waals surface area (Å²) in [6, 6.07) is 18.0. The van der Waals surface area contributed by atoms with Crippen LogP contribution in [0.4, 0.5) is 11.4 Å². The topological polar surface area (TPSA) is 67.9 Å². The molecule has 0 radical (unpaired) electrons. The van der Waals surface area contributed by atoms with E-state index in [4.69, 9.17) is 9.47 Å². The Bertz CT molecular complexity index is 1130. The first-order valence-electron chi connectivity index (χ1n) is 10.4. The molecule has 1 aliphatic heterocycles. The molecular weight excluding hydrogens is 424 g/mol. The molecule has 164 valence electrons. The molecule has 0 saturated carbocycles. The highest BCUT2D eigenvalue weighted by molar-refractivity contribution is 7.11. The van der Waals surface area contributed by atoms with Crippen molar-refractivity contribution in [3.8, 4) is 11.5 Å². The maximum absolute atomic E-state index is 13.4. The Morgan fingerprint density at radius 3 is 2.22 bits per heavy atom. The van der Waals surface area contributed by atoms with Crippen molar-refractivity contribution in [3.63, 3.8) is 0 Å². The van der Waals surface area contributed by atoms with Gasteiger partial charge in [-0.25, -0.2) is 4.90 Å². The highest BCUT2D eigenvalue weighted by Gasteiger charge is 2.40. The van der Waals surface area contributed by atoms with Crippen molar-refractivity contribution in [1.82, 2.24) is 0 Å². The molecule has 1 aromatic heterocycles. The van der Waals surface area contributed by atoms with Gasteiger partial charge < -0.3 is 14.8 Å². The van der Waals surface area contributed by atoms with E-state index in [2.05, 4.69) is 5.32 Å². The number of nitrogens with zero attached hydrogens (tertiary/aromatic N) is 1. The third-order valence-corrected chi connectivity index (χ3v) is 5.64. The molecule has 4 rings (SSSR count). The molecule has 6 nitrogen and oxygen atoms in total. The highest BCUT2D eigenvalue weighted by atomic mass is 32.1. The van der Waals surface area contributed by atoms with E-state index in [0.717, 1.165) is 10.6 Å². The molecule has 2 aromatic carbocycles. The zero-order chi connectivity index (χ0) is 22.7. The summed E-state index contributed by atoms with van der Waals surface area (Å²) < 4.78 is 11.2. The third kappa shape index (κ3) is 4.38. The predicted octanol–water partition coefficient (Wildman–Crippen LogP) is 5.33. The van der Waals surface area contributed by atoms with E-state index < -0.39 is 5.91 Å². The van der Waals surface area contributed by atoms with Crippen LogP contribution in [0, 0.1) is 0 Å². The lowest BCUT2D eigenvalue weighted by atomic mass is 10.2. The number of benzene rings is 2. The van der Waals surface area contributed by atoms with E-state index in [0.29, 0.717) is 29.3 Å². The number of imide groups is 1. The van der Waals surface area contributed by atoms with Crippen molar-refractivity contribution < 1.29 is 19.1 Å². The molecule has 0 spiro atoms. The van der Waals surface area contributed by atoms with Gasteiger partial charge in [0.1, 0.15) is 17.2 Å². The average Bonchev–Trinajstić information content (AvgIpc) is 3.37. The minimum atomic E-state index is -0.398. The molecule has 0 aliphatic carbocycles. The zero-order valence-electron chi connectivity index (χ0n) is 18.1. The Hall–Kier alpha value is -3.58. The summed E-state index contributed by atoms with van der Waals surface area (Å²) in [5, 5.41) is 5.05. The summed E-state index contributed by atoms with van der Waals surface area (Å²) in [4.78, 5) is 28.7. The Morgan fingerprint density at radius 2 is 1.62 bits per heavy atom. The number of ether oxygens (including phenoxy) is 2. The molecule has 7 heteroatoms. The third-order valence-electron chi connectivity index (χ3n) is 4.75. The summed E-state index contributed by atoms with van der Waals surface area (Å²) >= 11 is 1.42. The smallest absolute Gasteiger partial charge is 0.282 e. The van der Waals surface area contributed by atoms with Gasteiger partial charge in [-0.15, -0.1) is 11.3 Å². The van der Waals surface area contributed by atoms with Crippen LogP contribution in [0.2, 0.25) is 0 Å². The molecule has 0 unspecified atom stereocenters. The van der Waals surface area contributed by atoms with Gasteiger partial charge >= 0.3 is 0 Å². The maximum atomic E-state index is 13.4. The lowest BCUT2D eigenvalue weighted by Crippen LogP contribution is -2.32.